The first-order valence-electron chi connectivity index (χ1n) is 13.7. The molecule has 0 unspecified atom stereocenters. The van der Waals surface area contributed by atoms with Crippen molar-refractivity contribution in [1.82, 2.24) is 0 Å². The number of benzene rings is 5. The van der Waals surface area contributed by atoms with Crippen LogP contribution in [-0.2, 0) is 10.1 Å². The van der Waals surface area contributed by atoms with Crippen LogP contribution in [0.15, 0.2) is 106 Å². The summed E-state index contributed by atoms with van der Waals surface area (Å²) in [5.74, 6) is 0.571. The van der Waals surface area contributed by atoms with Gasteiger partial charge in [0.15, 0.2) is 0 Å². The fourth-order valence-electron chi connectivity index (χ4n) is 5.29. The molecule has 0 saturated heterocycles. The van der Waals surface area contributed by atoms with Crippen LogP contribution in [0.25, 0.3) is 33.4 Å². The molecule has 4 aromatic rings. The summed E-state index contributed by atoms with van der Waals surface area (Å²) in [4.78, 5) is 3.34. The van der Waals surface area contributed by atoms with Gasteiger partial charge in [-0.1, -0.05) is 42.5 Å². The second-order valence-electron chi connectivity index (χ2n) is 10.8. The van der Waals surface area contributed by atoms with E-state index in [2.05, 4.69) is 74.4 Å². The predicted octanol–water partition coefficient (Wildman–Crippen LogP) is 6.74. The minimum Gasteiger partial charge on any atom is -0.456 e. The minimum absolute atomic E-state index is 0.158. The van der Waals surface area contributed by atoms with Gasteiger partial charge in [0.2, 0.25) is 11.0 Å². The van der Waals surface area contributed by atoms with Crippen LogP contribution in [0.4, 0.5) is 17.1 Å². The second-order valence-corrected chi connectivity index (χ2v) is 12.1. The summed E-state index contributed by atoms with van der Waals surface area (Å²) in [6.45, 7) is 8.20. The molecule has 0 bridgehead atoms. The largest absolute Gasteiger partial charge is 0.456 e. The third kappa shape index (κ3) is 5.32. The molecular formula is C35H31N2O4S+. The molecular weight excluding hydrogens is 544 g/mol. The first-order chi connectivity index (χ1) is 20.1. The van der Waals surface area contributed by atoms with Crippen molar-refractivity contribution in [3.8, 4) is 22.5 Å². The lowest BCUT2D eigenvalue weighted by atomic mass is 9.93. The molecule has 210 valence electrons. The Labute approximate surface area is 245 Å². The monoisotopic (exact) mass is 575 g/mol. The second kappa shape index (κ2) is 10.6. The lowest BCUT2D eigenvalue weighted by Gasteiger charge is -2.18. The SMILES string of the molecule is Cc1ccc(C)c(Nc2ccc3c(-c4ccccc4S(=O)(=O)O)c4ccc(=[NH+]c5cc(C)ccc5C)cc-4oc3c2)c1. The third-order valence-corrected chi connectivity index (χ3v) is 8.41. The lowest BCUT2D eigenvalue weighted by molar-refractivity contribution is -0.403. The Morgan fingerprint density at radius 1 is 0.738 bits per heavy atom. The van der Waals surface area contributed by atoms with E-state index in [1.54, 1.807) is 18.2 Å². The van der Waals surface area contributed by atoms with Crippen molar-refractivity contribution < 1.29 is 22.4 Å². The smallest absolute Gasteiger partial charge is 0.295 e. The van der Waals surface area contributed by atoms with Crippen molar-refractivity contribution in [3.63, 3.8) is 0 Å². The number of hydrogen-bond donors (Lipinski definition) is 3. The molecule has 1 aliphatic carbocycles. The summed E-state index contributed by atoms with van der Waals surface area (Å²) in [5.41, 5.74) is 9.69. The summed E-state index contributed by atoms with van der Waals surface area (Å²) in [5, 5.41) is 5.05. The Kier molecular flexibility index (Phi) is 6.93. The van der Waals surface area contributed by atoms with Gasteiger partial charge in [-0.2, -0.15) is 8.42 Å². The Hall–Kier alpha value is -4.72. The van der Waals surface area contributed by atoms with Crippen molar-refractivity contribution in [3.05, 3.63) is 125 Å². The van der Waals surface area contributed by atoms with E-state index in [1.165, 1.54) is 6.07 Å². The van der Waals surface area contributed by atoms with Gasteiger partial charge in [0.05, 0.1) is 6.07 Å². The summed E-state index contributed by atoms with van der Waals surface area (Å²) < 4.78 is 41.5. The number of aryl methyl sites for hydroxylation is 4. The summed E-state index contributed by atoms with van der Waals surface area (Å²) in [6.07, 6.45) is 0. The average molecular weight is 576 g/mol. The van der Waals surface area contributed by atoms with Crippen molar-refractivity contribution >= 4 is 38.1 Å². The highest BCUT2D eigenvalue weighted by Crippen LogP contribution is 2.42. The molecule has 6 rings (SSSR count). The van der Waals surface area contributed by atoms with E-state index in [-0.39, 0.29) is 4.90 Å². The van der Waals surface area contributed by atoms with Crippen molar-refractivity contribution in [1.29, 1.82) is 0 Å². The molecule has 2 aliphatic rings. The molecule has 0 aromatic heterocycles. The van der Waals surface area contributed by atoms with Crippen LogP contribution in [0.5, 0.6) is 0 Å². The third-order valence-electron chi connectivity index (χ3n) is 7.50. The molecule has 7 heteroatoms. The minimum atomic E-state index is -4.49. The highest BCUT2D eigenvalue weighted by molar-refractivity contribution is 7.86. The molecule has 0 spiro atoms. The van der Waals surface area contributed by atoms with Gasteiger partial charge in [-0.3, -0.25) is 4.55 Å². The maximum absolute atomic E-state index is 12.4. The van der Waals surface area contributed by atoms with Crippen LogP contribution in [0.1, 0.15) is 22.3 Å². The van der Waals surface area contributed by atoms with Gasteiger partial charge in [0.1, 0.15) is 16.2 Å². The Bertz CT molecular complexity index is 2150. The average Bonchev–Trinajstić information content (AvgIpc) is 2.95. The van der Waals surface area contributed by atoms with E-state index in [1.807, 2.05) is 36.4 Å². The standard InChI is InChI=1S/C35H30N2O4S/c1-21-9-11-23(3)30(17-21)36-25-13-15-27-32(19-25)41-33-20-26(37-31-18-22(2)10-12-24(31)4)14-16-28(33)35(27)29-7-5-6-8-34(29)42(38,39)40/h5-20,36H,1-4H3,(H,38,39,40)/p+1. The number of nitrogens with one attached hydrogen (secondary N) is 2. The van der Waals surface area contributed by atoms with Crippen LogP contribution >= 0.6 is 0 Å². The first-order valence-corrected chi connectivity index (χ1v) is 15.1. The molecule has 0 fully saturated rings. The van der Waals surface area contributed by atoms with E-state index in [4.69, 9.17) is 4.42 Å². The van der Waals surface area contributed by atoms with Crippen LogP contribution in [0.3, 0.4) is 0 Å². The number of hydrogen-bond acceptors (Lipinski definition) is 4. The highest BCUT2D eigenvalue weighted by atomic mass is 32.2. The van der Waals surface area contributed by atoms with Crippen LogP contribution in [0, 0.1) is 27.7 Å². The van der Waals surface area contributed by atoms with Crippen LogP contribution in [0.2, 0.25) is 0 Å². The maximum atomic E-state index is 12.4. The molecule has 0 atom stereocenters. The quantitative estimate of drug-likeness (QED) is 0.156. The topological polar surface area (TPSA) is 93.5 Å². The predicted molar refractivity (Wildman–Crippen MR) is 167 cm³/mol. The van der Waals surface area contributed by atoms with Crippen LogP contribution < -0.4 is 15.7 Å². The normalized spacial score (nSPS) is 12.3. The van der Waals surface area contributed by atoms with Gasteiger partial charge in [0, 0.05) is 57.2 Å². The van der Waals surface area contributed by atoms with Gasteiger partial charge in [0.25, 0.3) is 10.1 Å². The number of rotatable bonds is 5. The zero-order valence-corrected chi connectivity index (χ0v) is 24.6. The molecule has 3 N–H and O–H groups in total. The molecule has 6 nitrogen and oxygen atoms in total. The van der Waals surface area contributed by atoms with Gasteiger partial charge in [-0.15, -0.1) is 0 Å². The van der Waals surface area contributed by atoms with Crippen molar-refractivity contribution in [2.24, 2.45) is 0 Å². The summed E-state index contributed by atoms with van der Waals surface area (Å²) in [6, 6.07) is 30.5. The summed E-state index contributed by atoms with van der Waals surface area (Å²) in [7, 11) is -4.49. The van der Waals surface area contributed by atoms with Crippen molar-refractivity contribution in [2.45, 2.75) is 32.6 Å². The zero-order valence-electron chi connectivity index (χ0n) is 23.8. The summed E-state index contributed by atoms with van der Waals surface area (Å²) >= 11 is 0. The van der Waals surface area contributed by atoms with E-state index in [0.29, 0.717) is 22.5 Å². The molecule has 42 heavy (non-hydrogen) atoms. The van der Waals surface area contributed by atoms with Gasteiger partial charge in [-0.25, -0.2) is 4.99 Å². The maximum Gasteiger partial charge on any atom is 0.295 e. The van der Waals surface area contributed by atoms with Crippen LogP contribution in [-0.4, -0.2) is 13.0 Å². The Morgan fingerprint density at radius 2 is 1.48 bits per heavy atom. The van der Waals surface area contributed by atoms with Gasteiger partial charge < -0.3 is 9.73 Å². The Morgan fingerprint density at radius 3 is 2.26 bits per heavy atom. The first kappa shape index (κ1) is 27.4. The van der Waals surface area contributed by atoms with E-state index in [0.717, 1.165) is 55.6 Å². The van der Waals surface area contributed by atoms with E-state index in [9.17, 15) is 13.0 Å². The molecule has 1 aliphatic heterocycles. The van der Waals surface area contributed by atoms with Gasteiger partial charge in [-0.05, 0) is 74.7 Å². The lowest BCUT2D eigenvalue weighted by Crippen LogP contribution is -2.70. The molecule has 0 amide bonds. The fourth-order valence-corrected chi connectivity index (χ4v) is 5.98. The molecule has 4 aromatic carbocycles. The zero-order chi connectivity index (χ0) is 29.6. The Balaban J connectivity index is 1.62. The highest BCUT2D eigenvalue weighted by Gasteiger charge is 2.24. The molecule has 0 saturated carbocycles. The number of anilines is 2. The van der Waals surface area contributed by atoms with Gasteiger partial charge >= 0.3 is 0 Å². The van der Waals surface area contributed by atoms with E-state index >= 15 is 0 Å². The van der Waals surface area contributed by atoms with E-state index < -0.39 is 10.1 Å². The number of fused-ring (bicyclic) bond motifs is 2. The van der Waals surface area contributed by atoms with Crippen molar-refractivity contribution in [2.75, 3.05) is 5.32 Å². The molecule has 1 heterocycles. The fraction of sp³-hybridized carbons (Fsp3) is 0.114. The molecule has 0 radical (unpaired) electrons.